The minimum atomic E-state index is 0.178. The van der Waals surface area contributed by atoms with Crippen LogP contribution in [0.15, 0.2) is 24.3 Å². The van der Waals surface area contributed by atoms with Gasteiger partial charge in [-0.3, -0.25) is 4.79 Å². The zero-order chi connectivity index (χ0) is 11.8. The SMILES string of the molecule is COc1ccc(N2CC3CNCC3C2=O)cc1. The standard InChI is InChI=1S/C13H16N2O2/c1-17-11-4-2-10(3-5-11)15-8-9-6-14-7-12(9)13(15)16/h2-5,9,12,14H,6-8H2,1H3. The molecule has 4 heteroatoms. The van der Waals surface area contributed by atoms with Crippen molar-refractivity contribution < 1.29 is 9.53 Å². The fourth-order valence-electron chi connectivity index (χ4n) is 2.73. The second kappa shape index (κ2) is 4.04. The van der Waals surface area contributed by atoms with E-state index in [2.05, 4.69) is 5.32 Å². The largest absolute Gasteiger partial charge is 0.497 e. The predicted molar refractivity (Wildman–Crippen MR) is 65.2 cm³/mol. The van der Waals surface area contributed by atoms with Crippen molar-refractivity contribution in [2.24, 2.45) is 11.8 Å². The fraction of sp³-hybridized carbons (Fsp3) is 0.462. The van der Waals surface area contributed by atoms with E-state index in [4.69, 9.17) is 4.74 Å². The van der Waals surface area contributed by atoms with Crippen LogP contribution in [0.3, 0.4) is 0 Å². The Morgan fingerprint density at radius 3 is 2.71 bits per heavy atom. The van der Waals surface area contributed by atoms with Crippen LogP contribution in [-0.2, 0) is 4.79 Å². The molecule has 3 rings (SSSR count). The highest BCUT2D eigenvalue weighted by Gasteiger charge is 2.43. The summed E-state index contributed by atoms with van der Waals surface area (Å²) < 4.78 is 5.12. The van der Waals surface area contributed by atoms with E-state index in [0.717, 1.165) is 31.1 Å². The third-order valence-electron chi connectivity index (χ3n) is 3.72. The lowest BCUT2D eigenvalue weighted by molar-refractivity contribution is -0.120. The molecule has 1 N–H and O–H groups in total. The molecule has 90 valence electrons. The third-order valence-corrected chi connectivity index (χ3v) is 3.72. The van der Waals surface area contributed by atoms with Crippen LogP contribution in [-0.4, -0.2) is 32.7 Å². The van der Waals surface area contributed by atoms with Gasteiger partial charge in [0.05, 0.1) is 13.0 Å². The molecule has 0 saturated carbocycles. The van der Waals surface area contributed by atoms with Crippen LogP contribution in [0.1, 0.15) is 0 Å². The second-order valence-electron chi connectivity index (χ2n) is 4.67. The predicted octanol–water partition coefficient (Wildman–Crippen LogP) is 0.877. The zero-order valence-electron chi connectivity index (χ0n) is 9.85. The van der Waals surface area contributed by atoms with Crippen molar-refractivity contribution in [2.75, 3.05) is 31.6 Å². The Hall–Kier alpha value is -1.55. The van der Waals surface area contributed by atoms with Gasteiger partial charge in [0.15, 0.2) is 0 Å². The van der Waals surface area contributed by atoms with Gasteiger partial charge in [-0.25, -0.2) is 0 Å². The number of carbonyl (C=O) groups is 1. The quantitative estimate of drug-likeness (QED) is 0.823. The third kappa shape index (κ3) is 1.69. The monoisotopic (exact) mass is 232 g/mol. The van der Waals surface area contributed by atoms with Gasteiger partial charge in [0.25, 0.3) is 0 Å². The average Bonchev–Trinajstić information content (AvgIpc) is 2.93. The molecule has 2 unspecified atom stereocenters. The molecule has 2 fully saturated rings. The first kappa shape index (κ1) is 10.6. The van der Waals surface area contributed by atoms with Crippen LogP contribution in [0.5, 0.6) is 5.75 Å². The minimum Gasteiger partial charge on any atom is -0.497 e. The number of methoxy groups -OCH3 is 1. The van der Waals surface area contributed by atoms with Gasteiger partial charge in [-0.05, 0) is 24.3 Å². The van der Waals surface area contributed by atoms with Crippen molar-refractivity contribution in [2.45, 2.75) is 0 Å². The Bertz CT molecular complexity index is 430. The Morgan fingerprint density at radius 2 is 2.06 bits per heavy atom. The van der Waals surface area contributed by atoms with Crippen molar-refractivity contribution in [3.05, 3.63) is 24.3 Å². The van der Waals surface area contributed by atoms with Crippen LogP contribution in [0, 0.1) is 11.8 Å². The lowest BCUT2D eigenvalue weighted by Gasteiger charge is -2.18. The Kier molecular flexibility index (Phi) is 2.52. The molecule has 0 bridgehead atoms. The van der Waals surface area contributed by atoms with Gasteiger partial charge in [0.2, 0.25) is 5.91 Å². The highest BCUT2D eigenvalue weighted by molar-refractivity contribution is 5.98. The van der Waals surface area contributed by atoms with Gasteiger partial charge < -0.3 is 15.0 Å². The van der Waals surface area contributed by atoms with Gasteiger partial charge in [-0.2, -0.15) is 0 Å². The molecule has 0 radical (unpaired) electrons. The summed E-state index contributed by atoms with van der Waals surface area (Å²) in [7, 11) is 1.64. The van der Waals surface area contributed by atoms with Crippen molar-refractivity contribution in [3.8, 4) is 5.75 Å². The van der Waals surface area contributed by atoms with Crippen molar-refractivity contribution in [3.63, 3.8) is 0 Å². The second-order valence-corrected chi connectivity index (χ2v) is 4.67. The Morgan fingerprint density at radius 1 is 1.29 bits per heavy atom. The zero-order valence-corrected chi connectivity index (χ0v) is 9.85. The summed E-state index contributed by atoms with van der Waals surface area (Å²) in [6.07, 6.45) is 0. The maximum absolute atomic E-state index is 12.2. The minimum absolute atomic E-state index is 0.178. The molecule has 2 aliphatic rings. The molecule has 17 heavy (non-hydrogen) atoms. The number of ether oxygens (including phenoxy) is 1. The first-order valence-corrected chi connectivity index (χ1v) is 5.96. The van der Waals surface area contributed by atoms with E-state index in [1.807, 2.05) is 29.2 Å². The van der Waals surface area contributed by atoms with E-state index in [-0.39, 0.29) is 11.8 Å². The number of carbonyl (C=O) groups excluding carboxylic acids is 1. The first-order chi connectivity index (χ1) is 8.29. The molecule has 1 amide bonds. The molecule has 4 nitrogen and oxygen atoms in total. The molecule has 2 atom stereocenters. The lowest BCUT2D eigenvalue weighted by Crippen LogP contribution is -2.30. The fourth-order valence-corrected chi connectivity index (χ4v) is 2.73. The summed E-state index contributed by atoms with van der Waals surface area (Å²) in [4.78, 5) is 14.1. The number of anilines is 1. The Labute approximate surface area is 101 Å². The number of hydrogen-bond acceptors (Lipinski definition) is 3. The van der Waals surface area contributed by atoms with Gasteiger partial charge in [-0.1, -0.05) is 0 Å². The number of fused-ring (bicyclic) bond motifs is 1. The van der Waals surface area contributed by atoms with Crippen LogP contribution >= 0.6 is 0 Å². The smallest absolute Gasteiger partial charge is 0.231 e. The van der Waals surface area contributed by atoms with Crippen molar-refractivity contribution in [1.82, 2.24) is 5.32 Å². The number of hydrogen-bond donors (Lipinski definition) is 1. The van der Waals surface area contributed by atoms with Crippen LogP contribution < -0.4 is 15.0 Å². The summed E-state index contributed by atoms with van der Waals surface area (Å²) in [5, 5.41) is 3.28. The van der Waals surface area contributed by atoms with Crippen LogP contribution in [0.25, 0.3) is 0 Å². The summed E-state index contributed by atoms with van der Waals surface area (Å²) >= 11 is 0. The van der Waals surface area contributed by atoms with Gasteiger partial charge in [-0.15, -0.1) is 0 Å². The van der Waals surface area contributed by atoms with Gasteiger partial charge in [0.1, 0.15) is 5.75 Å². The van der Waals surface area contributed by atoms with Gasteiger partial charge >= 0.3 is 0 Å². The van der Waals surface area contributed by atoms with Crippen molar-refractivity contribution in [1.29, 1.82) is 0 Å². The number of amides is 1. The molecule has 1 aromatic carbocycles. The molecule has 2 saturated heterocycles. The van der Waals surface area contributed by atoms with E-state index in [1.54, 1.807) is 7.11 Å². The summed E-state index contributed by atoms with van der Waals surface area (Å²) in [5.74, 6) is 1.73. The van der Waals surface area contributed by atoms with E-state index >= 15 is 0 Å². The summed E-state index contributed by atoms with van der Waals surface area (Å²) in [5.41, 5.74) is 0.977. The molecular formula is C13H16N2O2. The van der Waals surface area contributed by atoms with E-state index in [9.17, 15) is 4.79 Å². The number of nitrogens with one attached hydrogen (secondary N) is 1. The maximum atomic E-state index is 12.2. The highest BCUT2D eigenvalue weighted by Crippen LogP contribution is 2.32. The normalized spacial score (nSPS) is 27.4. The van der Waals surface area contributed by atoms with Crippen molar-refractivity contribution >= 4 is 11.6 Å². The molecule has 2 aliphatic heterocycles. The van der Waals surface area contributed by atoms with E-state index in [1.165, 1.54) is 0 Å². The number of benzene rings is 1. The number of rotatable bonds is 2. The molecule has 2 heterocycles. The topological polar surface area (TPSA) is 41.6 Å². The van der Waals surface area contributed by atoms with Gasteiger partial charge in [0, 0.05) is 31.2 Å². The highest BCUT2D eigenvalue weighted by atomic mass is 16.5. The van der Waals surface area contributed by atoms with Crippen LogP contribution in [0.4, 0.5) is 5.69 Å². The molecule has 0 aromatic heterocycles. The maximum Gasteiger partial charge on any atom is 0.231 e. The first-order valence-electron chi connectivity index (χ1n) is 5.96. The Balaban J connectivity index is 1.82. The molecule has 0 spiro atoms. The molecular weight excluding hydrogens is 216 g/mol. The van der Waals surface area contributed by atoms with Crippen LogP contribution in [0.2, 0.25) is 0 Å². The van der Waals surface area contributed by atoms with E-state index in [0.29, 0.717) is 5.92 Å². The molecule has 0 aliphatic carbocycles. The number of nitrogens with zero attached hydrogens (tertiary/aromatic N) is 1. The summed E-state index contributed by atoms with van der Waals surface area (Å²) in [6.45, 7) is 2.63. The lowest BCUT2D eigenvalue weighted by atomic mass is 10.0. The average molecular weight is 232 g/mol. The summed E-state index contributed by atoms with van der Waals surface area (Å²) in [6, 6.07) is 7.69. The van der Waals surface area contributed by atoms with E-state index < -0.39 is 0 Å². The molecule has 1 aromatic rings.